The molecule has 1 aromatic carbocycles. The molecular weight excluding hydrogens is 226 g/mol. The van der Waals surface area contributed by atoms with E-state index in [9.17, 15) is 9.90 Å². The van der Waals surface area contributed by atoms with E-state index in [1.165, 1.54) is 5.56 Å². The number of benzene rings is 1. The first-order valence-corrected chi connectivity index (χ1v) is 6.58. The van der Waals surface area contributed by atoms with Crippen molar-refractivity contribution in [3.8, 4) is 0 Å². The fraction of sp³-hybridized carbons (Fsp3) is 0.533. The van der Waals surface area contributed by atoms with Crippen LogP contribution in [0.4, 0.5) is 0 Å². The van der Waals surface area contributed by atoms with Gasteiger partial charge in [-0.05, 0) is 43.4 Å². The smallest absolute Gasteiger partial charge is 0.251 e. The van der Waals surface area contributed by atoms with Gasteiger partial charge in [-0.1, -0.05) is 26.0 Å². The number of amides is 1. The summed E-state index contributed by atoms with van der Waals surface area (Å²) >= 11 is 0. The van der Waals surface area contributed by atoms with E-state index in [2.05, 4.69) is 12.2 Å². The summed E-state index contributed by atoms with van der Waals surface area (Å²) in [6.07, 6.45) is 1.36. The summed E-state index contributed by atoms with van der Waals surface area (Å²) in [7, 11) is 0. The van der Waals surface area contributed by atoms with Gasteiger partial charge in [0.2, 0.25) is 0 Å². The van der Waals surface area contributed by atoms with Gasteiger partial charge >= 0.3 is 0 Å². The lowest BCUT2D eigenvalue weighted by molar-refractivity contribution is 0.0939. The quantitative estimate of drug-likeness (QED) is 0.813. The van der Waals surface area contributed by atoms with Gasteiger partial charge in [0.15, 0.2) is 0 Å². The summed E-state index contributed by atoms with van der Waals surface area (Å²) in [5, 5.41) is 12.1. The van der Waals surface area contributed by atoms with Crippen LogP contribution < -0.4 is 5.32 Å². The molecule has 2 N–H and O–H groups in total. The number of carbonyl (C=O) groups is 1. The lowest BCUT2D eigenvalue weighted by Gasteiger charge is -2.14. The van der Waals surface area contributed by atoms with Crippen LogP contribution in [0, 0.1) is 5.92 Å². The third-order valence-electron chi connectivity index (χ3n) is 2.98. The summed E-state index contributed by atoms with van der Waals surface area (Å²) in [6.45, 7) is 6.47. The van der Waals surface area contributed by atoms with Gasteiger partial charge in [0.1, 0.15) is 0 Å². The van der Waals surface area contributed by atoms with Crippen LogP contribution in [0.3, 0.4) is 0 Å². The fourth-order valence-corrected chi connectivity index (χ4v) is 1.93. The summed E-state index contributed by atoms with van der Waals surface area (Å²) in [5.41, 5.74) is 1.92. The Labute approximate surface area is 109 Å². The van der Waals surface area contributed by atoms with Crippen LogP contribution in [-0.2, 0) is 6.42 Å². The lowest BCUT2D eigenvalue weighted by Crippen LogP contribution is -2.29. The molecule has 0 aliphatic carbocycles. The highest BCUT2D eigenvalue weighted by Crippen LogP contribution is 2.07. The Hall–Kier alpha value is -1.35. The van der Waals surface area contributed by atoms with Gasteiger partial charge in [-0.15, -0.1) is 0 Å². The summed E-state index contributed by atoms with van der Waals surface area (Å²) in [5.74, 6) is 0.235. The Bertz CT molecular complexity index is 371. The number of hydrogen-bond donors (Lipinski definition) is 2. The van der Waals surface area contributed by atoms with E-state index in [0.29, 0.717) is 18.5 Å². The second kappa shape index (κ2) is 7.17. The molecular formula is C15H23NO2. The highest BCUT2D eigenvalue weighted by atomic mass is 16.3. The molecule has 0 spiro atoms. The predicted octanol–water partition coefficient (Wildman–Crippen LogP) is 2.39. The number of aliphatic hydroxyl groups excluding tert-OH is 1. The molecule has 0 saturated heterocycles. The maximum absolute atomic E-state index is 11.9. The Morgan fingerprint density at radius 3 is 2.39 bits per heavy atom. The van der Waals surface area contributed by atoms with Crippen molar-refractivity contribution in [3.05, 3.63) is 35.4 Å². The van der Waals surface area contributed by atoms with Crippen LogP contribution in [-0.4, -0.2) is 23.7 Å². The third-order valence-corrected chi connectivity index (χ3v) is 2.98. The molecule has 1 amide bonds. The minimum Gasteiger partial charge on any atom is -0.393 e. The molecule has 18 heavy (non-hydrogen) atoms. The largest absolute Gasteiger partial charge is 0.393 e. The Morgan fingerprint density at radius 2 is 1.89 bits per heavy atom. The Balaban J connectivity index is 2.44. The second-order valence-corrected chi connectivity index (χ2v) is 4.95. The summed E-state index contributed by atoms with van der Waals surface area (Å²) < 4.78 is 0. The minimum atomic E-state index is -0.319. The van der Waals surface area contributed by atoms with Crippen molar-refractivity contribution in [2.24, 2.45) is 5.92 Å². The van der Waals surface area contributed by atoms with Crippen molar-refractivity contribution in [1.29, 1.82) is 0 Å². The first kappa shape index (κ1) is 14.7. The second-order valence-electron chi connectivity index (χ2n) is 4.95. The van der Waals surface area contributed by atoms with Crippen molar-refractivity contribution in [2.75, 3.05) is 6.54 Å². The van der Waals surface area contributed by atoms with Crippen LogP contribution in [0.15, 0.2) is 24.3 Å². The van der Waals surface area contributed by atoms with Crippen LogP contribution in [0.2, 0.25) is 0 Å². The monoisotopic (exact) mass is 249 g/mol. The number of aliphatic hydroxyl groups is 1. The first-order valence-electron chi connectivity index (χ1n) is 6.58. The molecule has 1 aromatic rings. The van der Waals surface area contributed by atoms with Crippen LogP contribution in [0.25, 0.3) is 0 Å². The highest BCUT2D eigenvalue weighted by molar-refractivity contribution is 5.94. The molecule has 0 aliphatic heterocycles. The molecule has 0 aliphatic rings. The number of rotatable bonds is 6. The van der Waals surface area contributed by atoms with E-state index in [1.807, 2.05) is 31.2 Å². The molecule has 2 unspecified atom stereocenters. The van der Waals surface area contributed by atoms with E-state index in [0.717, 1.165) is 6.42 Å². The topological polar surface area (TPSA) is 49.3 Å². The SMILES string of the molecule is CCc1ccc(C(=O)NCC(C)CC(C)O)cc1. The van der Waals surface area contributed by atoms with E-state index in [4.69, 9.17) is 0 Å². The Kier molecular flexibility index (Phi) is 5.86. The number of hydrogen-bond acceptors (Lipinski definition) is 2. The third kappa shape index (κ3) is 4.88. The molecule has 2 atom stereocenters. The van der Waals surface area contributed by atoms with Crippen LogP contribution in [0.1, 0.15) is 43.1 Å². The molecule has 3 heteroatoms. The summed E-state index contributed by atoms with van der Waals surface area (Å²) in [4.78, 5) is 11.9. The summed E-state index contributed by atoms with van der Waals surface area (Å²) in [6, 6.07) is 7.67. The van der Waals surface area contributed by atoms with Crippen molar-refractivity contribution in [2.45, 2.75) is 39.7 Å². The highest BCUT2D eigenvalue weighted by Gasteiger charge is 2.09. The zero-order valence-electron chi connectivity index (χ0n) is 11.4. The molecule has 0 heterocycles. The van der Waals surface area contributed by atoms with E-state index in [-0.39, 0.29) is 17.9 Å². The molecule has 3 nitrogen and oxygen atoms in total. The predicted molar refractivity (Wildman–Crippen MR) is 73.6 cm³/mol. The lowest BCUT2D eigenvalue weighted by atomic mass is 10.0. The fourth-order valence-electron chi connectivity index (χ4n) is 1.93. The van der Waals surface area contributed by atoms with Crippen LogP contribution >= 0.6 is 0 Å². The first-order chi connectivity index (χ1) is 8.52. The molecule has 0 aromatic heterocycles. The minimum absolute atomic E-state index is 0.0462. The van der Waals surface area contributed by atoms with E-state index in [1.54, 1.807) is 6.92 Å². The molecule has 0 radical (unpaired) electrons. The van der Waals surface area contributed by atoms with Crippen LogP contribution in [0.5, 0.6) is 0 Å². The van der Waals surface area contributed by atoms with Crippen molar-refractivity contribution < 1.29 is 9.90 Å². The van der Waals surface area contributed by atoms with Gasteiger partial charge < -0.3 is 10.4 Å². The van der Waals surface area contributed by atoms with Gasteiger partial charge in [-0.2, -0.15) is 0 Å². The van der Waals surface area contributed by atoms with E-state index >= 15 is 0 Å². The van der Waals surface area contributed by atoms with Gasteiger partial charge in [0.25, 0.3) is 5.91 Å². The Morgan fingerprint density at radius 1 is 1.28 bits per heavy atom. The van der Waals surface area contributed by atoms with Crippen molar-refractivity contribution in [1.82, 2.24) is 5.32 Å². The zero-order chi connectivity index (χ0) is 13.5. The average Bonchev–Trinajstić information content (AvgIpc) is 2.35. The van der Waals surface area contributed by atoms with Crippen molar-refractivity contribution in [3.63, 3.8) is 0 Å². The maximum atomic E-state index is 11.9. The maximum Gasteiger partial charge on any atom is 0.251 e. The number of aryl methyl sites for hydroxylation is 1. The van der Waals surface area contributed by atoms with Gasteiger partial charge in [0.05, 0.1) is 6.10 Å². The zero-order valence-corrected chi connectivity index (χ0v) is 11.4. The van der Waals surface area contributed by atoms with Crippen molar-refractivity contribution >= 4 is 5.91 Å². The molecule has 0 fully saturated rings. The van der Waals surface area contributed by atoms with Gasteiger partial charge in [0, 0.05) is 12.1 Å². The standard InChI is InChI=1S/C15H23NO2/c1-4-13-5-7-14(8-6-13)15(18)16-10-11(2)9-12(3)17/h5-8,11-12,17H,4,9-10H2,1-3H3,(H,16,18). The van der Waals surface area contributed by atoms with E-state index < -0.39 is 0 Å². The molecule has 0 bridgehead atoms. The average molecular weight is 249 g/mol. The molecule has 100 valence electrons. The molecule has 0 saturated carbocycles. The van der Waals surface area contributed by atoms with Gasteiger partial charge in [-0.3, -0.25) is 4.79 Å². The van der Waals surface area contributed by atoms with Gasteiger partial charge in [-0.25, -0.2) is 0 Å². The number of carbonyl (C=O) groups excluding carboxylic acids is 1. The number of nitrogens with one attached hydrogen (secondary N) is 1. The normalized spacial score (nSPS) is 14.0. The molecule has 1 rings (SSSR count).